The number of hydrogen-bond donors (Lipinski definition) is 1. The van der Waals surface area contributed by atoms with Crippen molar-refractivity contribution in [1.82, 2.24) is 10.2 Å². The monoisotopic (exact) mass is 422 g/mol. The summed E-state index contributed by atoms with van der Waals surface area (Å²) in [6, 6.07) is 12.5. The van der Waals surface area contributed by atoms with Gasteiger partial charge in [0.05, 0.1) is 31.9 Å². The van der Waals surface area contributed by atoms with E-state index in [1.54, 1.807) is 12.1 Å². The molecule has 31 heavy (non-hydrogen) atoms. The number of hydrogen-bond acceptors (Lipinski definition) is 4. The lowest BCUT2D eigenvalue weighted by Crippen LogP contribution is -2.48. The summed E-state index contributed by atoms with van der Waals surface area (Å²) in [4.78, 5) is 30.3. The standard InChI is InChI=1S/C23H23FN4O3/c1-15(29)26-10-20-14-28(23(30)31-20)19-7-8-21(22(24)9-19)17-5-3-16(4-6-17)11-27-12-18(13-27)25-2/h3-9,18,20H,10-14H2,1H3,(H,26,29)/t20-/m0/s1. The van der Waals surface area contributed by atoms with Gasteiger partial charge < -0.3 is 14.9 Å². The minimum Gasteiger partial charge on any atom is -0.442 e. The molecule has 2 aliphatic heterocycles. The molecule has 160 valence electrons. The van der Waals surface area contributed by atoms with Gasteiger partial charge in [0.2, 0.25) is 11.9 Å². The number of carbonyl (C=O) groups excluding carboxylic acids is 2. The predicted molar refractivity (Wildman–Crippen MR) is 114 cm³/mol. The highest BCUT2D eigenvalue weighted by Gasteiger charge is 2.33. The maximum Gasteiger partial charge on any atom is 0.414 e. The van der Waals surface area contributed by atoms with E-state index < -0.39 is 18.0 Å². The molecule has 2 aliphatic rings. The third-order valence-corrected chi connectivity index (χ3v) is 5.51. The second-order valence-electron chi connectivity index (χ2n) is 7.89. The predicted octanol–water partition coefficient (Wildman–Crippen LogP) is 3.06. The summed E-state index contributed by atoms with van der Waals surface area (Å²) in [6.45, 7) is 11.3. The number of rotatable bonds is 6. The van der Waals surface area contributed by atoms with Crippen LogP contribution in [-0.2, 0) is 16.1 Å². The molecule has 4 rings (SSSR count). The molecule has 1 N–H and O–H groups in total. The second kappa shape index (κ2) is 8.74. The van der Waals surface area contributed by atoms with Crippen molar-refractivity contribution in [3.8, 4) is 11.1 Å². The molecule has 0 aliphatic carbocycles. The van der Waals surface area contributed by atoms with Crippen molar-refractivity contribution in [2.75, 3.05) is 31.1 Å². The van der Waals surface area contributed by atoms with Gasteiger partial charge in [-0.3, -0.25) is 14.6 Å². The zero-order valence-corrected chi connectivity index (χ0v) is 17.2. The van der Waals surface area contributed by atoms with Gasteiger partial charge in [-0.15, -0.1) is 0 Å². The van der Waals surface area contributed by atoms with Crippen LogP contribution in [0.15, 0.2) is 42.5 Å². The van der Waals surface area contributed by atoms with E-state index in [0.717, 1.165) is 30.8 Å². The third kappa shape index (κ3) is 4.67. The van der Waals surface area contributed by atoms with Crippen molar-refractivity contribution < 1.29 is 18.7 Å². The first-order valence-electron chi connectivity index (χ1n) is 10.1. The fourth-order valence-electron chi connectivity index (χ4n) is 3.80. The summed E-state index contributed by atoms with van der Waals surface area (Å²) in [5.74, 6) is -0.626. The zero-order valence-electron chi connectivity index (χ0n) is 17.2. The summed E-state index contributed by atoms with van der Waals surface area (Å²) < 4.78 is 20.1. The third-order valence-electron chi connectivity index (χ3n) is 5.51. The van der Waals surface area contributed by atoms with E-state index in [1.165, 1.54) is 17.9 Å². The molecular formula is C23H23FN4O3. The van der Waals surface area contributed by atoms with Crippen LogP contribution in [0, 0.1) is 12.4 Å². The SMILES string of the molecule is [C-]#[N+]C1CN(Cc2ccc(-c3ccc(N4C[C@H](CNC(C)=O)OC4=O)cc3F)cc2)C1. The molecule has 2 aromatic carbocycles. The average molecular weight is 422 g/mol. The second-order valence-corrected chi connectivity index (χ2v) is 7.89. The van der Waals surface area contributed by atoms with Crippen LogP contribution in [0.2, 0.25) is 0 Å². The molecule has 1 atom stereocenters. The normalized spacial score (nSPS) is 18.9. The van der Waals surface area contributed by atoms with Gasteiger partial charge >= 0.3 is 6.09 Å². The van der Waals surface area contributed by atoms with Crippen molar-refractivity contribution >= 4 is 17.7 Å². The van der Waals surface area contributed by atoms with Gasteiger partial charge in [-0.05, 0) is 29.3 Å². The summed E-state index contributed by atoms with van der Waals surface area (Å²) >= 11 is 0. The number of anilines is 1. The number of nitrogens with zero attached hydrogens (tertiary/aromatic N) is 3. The Kier molecular flexibility index (Phi) is 5.87. The van der Waals surface area contributed by atoms with Crippen molar-refractivity contribution in [2.24, 2.45) is 0 Å². The highest BCUT2D eigenvalue weighted by molar-refractivity contribution is 5.90. The molecule has 0 radical (unpaired) electrons. The highest BCUT2D eigenvalue weighted by atomic mass is 19.1. The smallest absolute Gasteiger partial charge is 0.414 e. The zero-order chi connectivity index (χ0) is 22.0. The Bertz CT molecular complexity index is 1030. The number of cyclic esters (lactones) is 1. The van der Waals surface area contributed by atoms with E-state index >= 15 is 0 Å². The van der Waals surface area contributed by atoms with Crippen LogP contribution in [0.5, 0.6) is 0 Å². The van der Waals surface area contributed by atoms with E-state index in [1.807, 2.05) is 24.3 Å². The molecule has 0 unspecified atom stereocenters. The van der Waals surface area contributed by atoms with Gasteiger partial charge in [-0.2, -0.15) is 0 Å². The lowest BCUT2D eigenvalue weighted by molar-refractivity contribution is -0.119. The van der Waals surface area contributed by atoms with Gasteiger partial charge in [-0.1, -0.05) is 24.3 Å². The number of likely N-dealkylation sites (tertiary alicyclic amines) is 1. The summed E-state index contributed by atoms with van der Waals surface area (Å²) in [5, 5.41) is 2.62. The Morgan fingerprint density at radius 2 is 1.97 bits per heavy atom. The Hall–Kier alpha value is -3.44. The van der Waals surface area contributed by atoms with Crippen molar-refractivity contribution in [2.45, 2.75) is 25.6 Å². The Labute approximate surface area is 180 Å². The lowest BCUT2D eigenvalue weighted by atomic mass is 10.0. The molecule has 8 heteroatoms. The van der Waals surface area contributed by atoms with Crippen LogP contribution >= 0.6 is 0 Å². The topological polar surface area (TPSA) is 66.2 Å². The molecule has 2 saturated heterocycles. The quantitative estimate of drug-likeness (QED) is 0.727. The molecule has 0 bridgehead atoms. The van der Waals surface area contributed by atoms with Crippen LogP contribution < -0.4 is 10.2 Å². The Morgan fingerprint density at radius 1 is 1.23 bits per heavy atom. The first kappa shape index (κ1) is 20.8. The number of halogens is 1. The van der Waals surface area contributed by atoms with Gasteiger partial charge in [0.1, 0.15) is 11.9 Å². The maximum absolute atomic E-state index is 14.9. The minimum absolute atomic E-state index is 0.112. The molecule has 2 heterocycles. The summed E-state index contributed by atoms with van der Waals surface area (Å²) in [6.07, 6.45) is -1.03. The highest BCUT2D eigenvalue weighted by Crippen LogP contribution is 2.29. The molecule has 0 spiro atoms. The van der Waals surface area contributed by atoms with E-state index in [9.17, 15) is 14.0 Å². The molecule has 0 saturated carbocycles. The van der Waals surface area contributed by atoms with Crippen molar-refractivity contribution in [3.05, 3.63) is 65.3 Å². The number of nitrogens with one attached hydrogen (secondary N) is 1. The number of carbonyl (C=O) groups is 2. The van der Waals surface area contributed by atoms with Crippen LogP contribution in [-0.4, -0.2) is 55.2 Å². The van der Waals surface area contributed by atoms with E-state index in [-0.39, 0.29) is 25.0 Å². The van der Waals surface area contributed by atoms with Crippen LogP contribution in [0.25, 0.3) is 16.0 Å². The molecular weight excluding hydrogens is 399 g/mol. The van der Waals surface area contributed by atoms with Gasteiger partial charge in [0, 0.05) is 19.0 Å². The van der Waals surface area contributed by atoms with Gasteiger partial charge in [0.15, 0.2) is 0 Å². The summed E-state index contributed by atoms with van der Waals surface area (Å²) in [5.41, 5.74) is 2.74. The lowest BCUT2D eigenvalue weighted by Gasteiger charge is -2.31. The van der Waals surface area contributed by atoms with E-state index in [4.69, 9.17) is 11.3 Å². The van der Waals surface area contributed by atoms with Gasteiger partial charge in [0.25, 0.3) is 0 Å². The first-order valence-corrected chi connectivity index (χ1v) is 10.1. The number of benzene rings is 2. The summed E-state index contributed by atoms with van der Waals surface area (Å²) in [7, 11) is 0. The number of ether oxygens (including phenoxy) is 1. The largest absolute Gasteiger partial charge is 0.442 e. The maximum atomic E-state index is 14.9. The first-order chi connectivity index (χ1) is 14.9. The minimum atomic E-state index is -0.557. The number of amides is 2. The Balaban J connectivity index is 1.41. The molecule has 2 fully saturated rings. The fraction of sp³-hybridized carbons (Fsp3) is 0.348. The molecule has 0 aromatic heterocycles. The fourth-order valence-corrected chi connectivity index (χ4v) is 3.80. The molecule has 7 nitrogen and oxygen atoms in total. The van der Waals surface area contributed by atoms with Crippen LogP contribution in [0.3, 0.4) is 0 Å². The van der Waals surface area contributed by atoms with E-state index in [0.29, 0.717) is 11.3 Å². The average Bonchev–Trinajstić information content (AvgIpc) is 3.10. The Morgan fingerprint density at radius 3 is 2.61 bits per heavy atom. The van der Waals surface area contributed by atoms with E-state index in [2.05, 4.69) is 15.1 Å². The van der Waals surface area contributed by atoms with Gasteiger partial charge in [-0.25, -0.2) is 15.8 Å². The molecule has 2 amide bonds. The molecule has 2 aromatic rings. The van der Waals surface area contributed by atoms with Crippen LogP contribution in [0.4, 0.5) is 14.9 Å². The van der Waals surface area contributed by atoms with Crippen molar-refractivity contribution in [3.63, 3.8) is 0 Å². The van der Waals surface area contributed by atoms with Crippen LogP contribution in [0.1, 0.15) is 12.5 Å². The van der Waals surface area contributed by atoms with Crippen molar-refractivity contribution in [1.29, 1.82) is 0 Å².